The summed E-state index contributed by atoms with van der Waals surface area (Å²) >= 11 is 0. The molecule has 1 fully saturated rings. The number of piperidine rings is 1. The molecule has 3 heterocycles. The van der Waals surface area contributed by atoms with Crippen molar-refractivity contribution >= 4 is 11.7 Å². The van der Waals surface area contributed by atoms with Gasteiger partial charge in [0.15, 0.2) is 0 Å². The first kappa shape index (κ1) is 17.5. The van der Waals surface area contributed by atoms with E-state index in [9.17, 15) is 9.18 Å². The Hall–Kier alpha value is -2.87. The van der Waals surface area contributed by atoms with Crippen molar-refractivity contribution in [1.29, 1.82) is 0 Å². The summed E-state index contributed by atoms with van der Waals surface area (Å²) in [5, 5.41) is 7.13. The van der Waals surface area contributed by atoms with Gasteiger partial charge in [-0.25, -0.2) is 13.9 Å². The van der Waals surface area contributed by atoms with Gasteiger partial charge in [-0.05, 0) is 31.0 Å². The highest BCUT2D eigenvalue weighted by atomic mass is 19.1. The SMILES string of the molecule is O=C(Cc1cnc2ncnn2c1)N[C@H]1CCCN(Cc2ccccc2F)C1. The fraction of sp³-hybridized carbons (Fsp3) is 0.368. The van der Waals surface area contributed by atoms with Gasteiger partial charge >= 0.3 is 0 Å². The van der Waals surface area contributed by atoms with Crippen LogP contribution in [0, 0.1) is 5.82 Å². The number of halogens is 1. The van der Waals surface area contributed by atoms with E-state index < -0.39 is 0 Å². The summed E-state index contributed by atoms with van der Waals surface area (Å²) in [5.74, 6) is 0.281. The van der Waals surface area contributed by atoms with Crippen LogP contribution in [0.5, 0.6) is 0 Å². The Kier molecular flexibility index (Phi) is 5.06. The van der Waals surface area contributed by atoms with Crippen LogP contribution in [-0.4, -0.2) is 49.5 Å². The van der Waals surface area contributed by atoms with Crippen molar-refractivity contribution < 1.29 is 9.18 Å². The van der Waals surface area contributed by atoms with Crippen molar-refractivity contribution in [2.75, 3.05) is 13.1 Å². The summed E-state index contributed by atoms with van der Waals surface area (Å²) in [6, 6.07) is 6.91. The molecule has 1 aliphatic heterocycles. The van der Waals surface area contributed by atoms with Crippen molar-refractivity contribution in [3.8, 4) is 0 Å². The number of likely N-dealkylation sites (tertiary alicyclic amines) is 1. The third-order valence-corrected chi connectivity index (χ3v) is 4.78. The minimum absolute atomic E-state index is 0.0472. The zero-order chi connectivity index (χ0) is 18.6. The molecule has 7 nitrogen and oxygen atoms in total. The summed E-state index contributed by atoms with van der Waals surface area (Å²) in [4.78, 5) is 22.8. The molecule has 140 valence electrons. The Labute approximate surface area is 156 Å². The van der Waals surface area contributed by atoms with Crippen LogP contribution in [0.25, 0.3) is 5.78 Å². The van der Waals surface area contributed by atoms with E-state index in [0.717, 1.165) is 31.5 Å². The molecule has 0 aliphatic carbocycles. The van der Waals surface area contributed by atoms with E-state index in [1.54, 1.807) is 23.0 Å². The van der Waals surface area contributed by atoms with Gasteiger partial charge in [-0.15, -0.1) is 0 Å². The molecule has 0 bridgehead atoms. The summed E-state index contributed by atoms with van der Waals surface area (Å²) in [5.41, 5.74) is 1.47. The second-order valence-corrected chi connectivity index (χ2v) is 6.88. The van der Waals surface area contributed by atoms with E-state index >= 15 is 0 Å². The van der Waals surface area contributed by atoms with Crippen molar-refractivity contribution in [1.82, 2.24) is 29.8 Å². The molecule has 2 aromatic heterocycles. The molecule has 0 saturated carbocycles. The van der Waals surface area contributed by atoms with Gasteiger partial charge in [0.1, 0.15) is 12.1 Å². The highest BCUT2D eigenvalue weighted by molar-refractivity contribution is 5.78. The van der Waals surface area contributed by atoms with Crippen LogP contribution >= 0.6 is 0 Å². The summed E-state index contributed by atoms with van der Waals surface area (Å²) < 4.78 is 15.4. The standard InChI is InChI=1S/C19H21FN6O/c20-17-6-2-1-4-15(17)11-25-7-3-5-16(12-25)24-18(27)8-14-9-21-19-22-13-23-26(19)10-14/h1-2,4,6,9-10,13,16H,3,5,7-8,11-12H2,(H,24,27)/t16-/m0/s1. The smallest absolute Gasteiger partial charge is 0.252 e. The van der Waals surface area contributed by atoms with Crippen LogP contribution in [0.1, 0.15) is 24.0 Å². The van der Waals surface area contributed by atoms with Crippen LogP contribution in [0.2, 0.25) is 0 Å². The second-order valence-electron chi connectivity index (χ2n) is 6.88. The molecule has 4 rings (SSSR count). The average Bonchev–Trinajstić information content (AvgIpc) is 3.12. The zero-order valence-electron chi connectivity index (χ0n) is 14.9. The number of benzene rings is 1. The number of hydrogen-bond donors (Lipinski definition) is 1. The van der Waals surface area contributed by atoms with Crippen molar-refractivity contribution in [2.24, 2.45) is 0 Å². The number of carbonyl (C=O) groups excluding carboxylic acids is 1. The maximum Gasteiger partial charge on any atom is 0.252 e. The monoisotopic (exact) mass is 368 g/mol. The lowest BCUT2D eigenvalue weighted by Gasteiger charge is -2.33. The van der Waals surface area contributed by atoms with Gasteiger partial charge in [0, 0.05) is 37.1 Å². The largest absolute Gasteiger partial charge is 0.352 e. The van der Waals surface area contributed by atoms with Crippen molar-refractivity contribution in [3.63, 3.8) is 0 Å². The van der Waals surface area contributed by atoms with Crippen LogP contribution < -0.4 is 5.32 Å². The summed E-state index contributed by atoms with van der Waals surface area (Å²) in [6.07, 6.45) is 6.99. The lowest BCUT2D eigenvalue weighted by Crippen LogP contribution is -2.47. The van der Waals surface area contributed by atoms with Gasteiger partial charge in [-0.3, -0.25) is 9.69 Å². The molecule has 1 N–H and O–H groups in total. The molecule has 3 aromatic rings. The van der Waals surface area contributed by atoms with Crippen LogP contribution in [0.3, 0.4) is 0 Å². The topological polar surface area (TPSA) is 75.4 Å². The van der Waals surface area contributed by atoms with Gasteiger partial charge in [0.05, 0.1) is 6.42 Å². The average molecular weight is 368 g/mol. The first-order valence-corrected chi connectivity index (χ1v) is 9.07. The fourth-order valence-electron chi connectivity index (χ4n) is 3.50. The predicted octanol–water partition coefficient (Wildman–Crippen LogP) is 1.59. The Bertz CT molecular complexity index is 943. The van der Waals surface area contributed by atoms with Gasteiger partial charge in [0.25, 0.3) is 5.78 Å². The van der Waals surface area contributed by atoms with Gasteiger partial charge < -0.3 is 5.32 Å². The van der Waals surface area contributed by atoms with Gasteiger partial charge in [-0.1, -0.05) is 18.2 Å². The van der Waals surface area contributed by atoms with Gasteiger partial charge in [0.2, 0.25) is 5.91 Å². The Morgan fingerprint density at radius 1 is 1.30 bits per heavy atom. The van der Waals surface area contributed by atoms with Crippen LogP contribution in [-0.2, 0) is 17.8 Å². The molecular formula is C19H21FN6O. The maximum absolute atomic E-state index is 13.9. The van der Waals surface area contributed by atoms with Crippen molar-refractivity contribution in [3.05, 3.63) is 59.9 Å². The lowest BCUT2D eigenvalue weighted by molar-refractivity contribution is -0.121. The quantitative estimate of drug-likeness (QED) is 0.740. The third-order valence-electron chi connectivity index (χ3n) is 4.78. The maximum atomic E-state index is 13.9. The molecule has 8 heteroatoms. The molecule has 1 aliphatic rings. The minimum atomic E-state index is -0.181. The molecule has 1 saturated heterocycles. The second kappa shape index (κ2) is 7.79. The number of aromatic nitrogens is 4. The normalized spacial score (nSPS) is 17.9. The van der Waals surface area contributed by atoms with E-state index in [1.165, 1.54) is 12.4 Å². The number of nitrogens with one attached hydrogen (secondary N) is 1. The van der Waals surface area contributed by atoms with Crippen LogP contribution in [0.15, 0.2) is 43.0 Å². The summed E-state index contributed by atoms with van der Waals surface area (Å²) in [7, 11) is 0. The first-order valence-electron chi connectivity index (χ1n) is 9.07. The Morgan fingerprint density at radius 3 is 3.07 bits per heavy atom. The number of rotatable bonds is 5. The molecule has 27 heavy (non-hydrogen) atoms. The first-order chi connectivity index (χ1) is 13.2. The Balaban J connectivity index is 1.33. The minimum Gasteiger partial charge on any atom is -0.352 e. The molecule has 1 atom stereocenters. The molecule has 0 spiro atoms. The fourth-order valence-corrected chi connectivity index (χ4v) is 3.50. The number of carbonyl (C=O) groups is 1. The Morgan fingerprint density at radius 2 is 2.19 bits per heavy atom. The number of hydrogen-bond acceptors (Lipinski definition) is 5. The van der Waals surface area contributed by atoms with Crippen LogP contribution in [0.4, 0.5) is 4.39 Å². The highest BCUT2D eigenvalue weighted by Gasteiger charge is 2.22. The molecular weight excluding hydrogens is 347 g/mol. The van der Waals surface area contributed by atoms with E-state index in [-0.39, 0.29) is 24.2 Å². The molecule has 1 amide bonds. The molecule has 1 aromatic carbocycles. The number of fused-ring (bicyclic) bond motifs is 1. The summed E-state index contributed by atoms with van der Waals surface area (Å²) in [6.45, 7) is 2.19. The predicted molar refractivity (Wildman–Crippen MR) is 97.3 cm³/mol. The highest BCUT2D eigenvalue weighted by Crippen LogP contribution is 2.16. The van der Waals surface area contributed by atoms with E-state index in [0.29, 0.717) is 17.9 Å². The van der Waals surface area contributed by atoms with Gasteiger partial charge in [-0.2, -0.15) is 10.1 Å². The molecule has 0 radical (unpaired) electrons. The van der Waals surface area contributed by atoms with E-state index in [4.69, 9.17) is 0 Å². The lowest BCUT2D eigenvalue weighted by atomic mass is 10.0. The van der Waals surface area contributed by atoms with E-state index in [1.807, 2.05) is 12.1 Å². The van der Waals surface area contributed by atoms with Crippen molar-refractivity contribution in [2.45, 2.75) is 31.8 Å². The number of nitrogens with zero attached hydrogens (tertiary/aromatic N) is 5. The molecule has 0 unspecified atom stereocenters. The zero-order valence-corrected chi connectivity index (χ0v) is 14.9. The van der Waals surface area contributed by atoms with E-state index in [2.05, 4.69) is 25.3 Å². The third kappa shape index (κ3) is 4.28. The number of amides is 1.